The van der Waals surface area contributed by atoms with Crippen molar-refractivity contribution in [2.24, 2.45) is 10.4 Å². The molecular weight excluding hydrogens is 146 g/mol. The summed E-state index contributed by atoms with van der Waals surface area (Å²) in [5.74, 6) is 0. The molecule has 12 heavy (non-hydrogen) atoms. The van der Waals surface area contributed by atoms with Crippen molar-refractivity contribution in [3.05, 3.63) is 0 Å². The number of aliphatic imine (C=N–C) groups is 1. The third-order valence-electron chi connectivity index (χ3n) is 2.27. The molecule has 0 bridgehead atoms. The van der Waals surface area contributed by atoms with E-state index in [2.05, 4.69) is 46.3 Å². The molecule has 0 aromatic rings. The molecule has 0 aliphatic heterocycles. The van der Waals surface area contributed by atoms with Crippen LogP contribution in [0.25, 0.3) is 0 Å². The topological polar surface area (TPSA) is 12.4 Å². The van der Waals surface area contributed by atoms with Gasteiger partial charge in [0.1, 0.15) is 0 Å². The van der Waals surface area contributed by atoms with E-state index in [1.165, 1.54) is 12.8 Å². The molecule has 0 aromatic heterocycles. The lowest BCUT2D eigenvalue weighted by atomic mass is 9.77. The molecule has 0 aliphatic rings. The Morgan fingerprint density at radius 1 is 1.17 bits per heavy atom. The van der Waals surface area contributed by atoms with Gasteiger partial charge in [0.2, 0.25) is 0 Å². The largest absolute Gasteiger partial charge is 0.295 e. The predicted octanol–water partition coefficient (Wildman–Crippen LogP) is 3.68. The van der Waals surface area contributed by atoms with Gasteiger partial charge in [-0.3, -0.25) is 4.99 Å². The van der Waals surface area contributed by atoms with Crippen LogP contribution in [0.5, 0.6) is 0 Å². The molecule has 1 heteroatoms. The normalized spacial score (nSPS) is 13.1. The molecule has 0 saturated carbocycles. The first-order valence-electron chi connectivity index (χ1n) is 4.81. The van der Waals surface area contributed by atoms with Crippen molar-refractivity contribution in [2.75, 3.05) is 0 Å². The SMILES string of the molecule is C=NC(C)(C)CC(C)(C)CCC. The zero-order valence-corrected chi connectivity index (χ0v) is 9.28. The van der Waals surface area contributed by atoms with Gasteiger partial charge in [-0.2, -0.15) is 0 Å². The fraction of sp³-hybridized carbons (Fsp3) is 0.909. The average molecular weight is 169 g/mol. The van der Waals surface area contributed by atoms with Gasteiger partial charge in [-0.25, -0.2) is 0 Å². The summed E-state index contributed by atoms with van der Waals surface area (Å²) in [5, 5.41) is 0. The van der Waals surface area contributed by atoms with Gasteiger partial charge >= 0.3 is 0 Å². The van der Waals surface area contributed by atoms with E-state index in [1.54, 1.807) is 0 Å². The fourth-order valence-corrected chi connectivity index (χ4v) is 1.99. The van der Waals surface area contributed by atoms with E-state index in [4.69, 9.17) is 0 Å². The monoisotopic (exact) mass is 169 g/mol. The van der Waals surface area contributed by atoms with Crippen LogP contribution in [0.1, 0.15) is 53.9 Å². The zero-order chi connectivity index (χ0) is 9.83. The van der Waals surface area contributed by atoms with E-state index < -0.39 is 0 Å². The van der Waals surface area contributed by atoms with Gasteiger partial charge in [0.25, 0.3) is 0 Å². The van der Waals surface area contributed by atoms with Crippen LogP contribution < -0.4 is 0 Å². The Bertz CT molecular complexity index is 145. The highest BCUT2D eigenvalue weighted by molar-refractivity contribution is 5.25. The Kier molecular flexibility index (Phi) is 3.95. The van der Waals surface area contributed by atoms with Gasteiger partial charge in [0, 0.05) is 0 Å². The smallest absolute Gasteiger partial charge is 0.0550 e. The molecule has 0 spiro atoms. The van der Waals surface area contributed by atoms with Gasteiger partial charge < -0.3 is 0 Å². The second-order valence-electron chi connectivity index (χ2n) is 5.06. The van der Waals surface area contributed by atoms with Crippen molar-refractivity contribution in [1.29, 1.82) is 0 Å². The van der Waals surface area contributed by atoms with Crippen molar-refractivity contribution < 1.29 is 0 Å². The molecule has 0 radical (unpaired) electrons. The first-order chi connectivity index (χ1) is 5.33. The van der Waals surface area contributed by atoms with Gasteiger partial charge in [0.05, 0.1) is 5.54 Å². The lowest BCUT2D eigenvalue weighted by molar-refractivity contribution is 0.241. The lowest BCUT2D eigenvalue weighted by Gasteiger charge is -2.31. The summed E-state index contributed by atoms with van der Waals surface area (Å²) >= 11 is 0. The van der Waals surface area contributed by atoms with Crippen molar-refractivity contribution >= 4 is 6.72 Å². The Morgan fingerprint density at radius 2 is 1.67 bits per heavy atom. The zero-order valence-electron chi connectivity index (χ0n) is 9.28. The third-order valence-corrected chi connectivity index (χ3v) is 2.27. The minimum absolute atomic E-state index is 0.0403. The molecule has 0 atom stereocenters. The van der Waals surface area contributed by atoms with Crippen molar-refractivity contribution in [3.63, 3.8) is 0 Å². The highest BCUT2D eigenvalue weighted by atomic mass is 14.8. The van der Waals surface area contributed by atoms with Crippen LogP contribution in [0.15, 0.2) is 4.99 Å². The summed E-state index contributed by atoms with van der Waals surface area (Å²) in [6.07, 6.45) is 3.64. The van der Waals surface area contributed by atoms with E-state index >= 15 is 0 Å². The highest BCUT2D eigenvalue weighted by Crippen LogP contribution is 2.33. The van der Waals surface area contributed by atoms with E-state index in [-0.39, 0.29) is 5.54 Å². The molecule has 0 rings (SSSR count). The Morgan fingerprint density at radius 3 is 2.00 bits per heavy atom. The molecule has 0 aromatic carbocycles. The molecule has 0 fully saturated rings. The van der Waals surface area contributed by atoms with Gasteiger partial charge in [-0.1, -0.05) is 27.2 Å². The van der Waals surface area contributed by atoms with Crippen molar-refractivity contribution in [3.8, 4) is 0 Å². The molecule has 1 nitrogen and oxygen atoms in total. The van der Waals surface area contributed by atoms with E-state index in [0.29, 0.717) is 5.41 Å². The second-order valence-corrected chi connectivity index (χ2v) is 5.06. The van der Waals surface area contributed by atoms with Gasteiger partial charge in [-0.15, -0.1) is 0 Å². The number of rotatable bonds is 5. The quantitative estimate of drug-likeness (QED) is 0.557. The molecule has 0 amide bonds. The fourth-order valence-electron chi connectivity index (χ4n) is 1.99. The van der Waals surface area contributed by atoms with Crippen LogP contribution in [-0.2, 0) is 0 Å². The van der Waals surface area contributed by atoms with Crippen LogP contribution in [-0.4, -0.2) is 12.3 Å². The molecule has 0 saturated heterocycles. The predicted molar refractivity (Wildman–Crippen MR) is 56.9 cm³/mol. The standard InChI is InChI=1S/C11H23N/c1-7-8-10(2,3)9-11(4,5)12-6/h6-9H2,1-5H3. The number of hydrogen-bond acceptors (Lipinski definition) is 1. The highest BCUT2D eigenvalue weighted by Gasteiger charge is 2.26. The summed E-state index contributed by atoms with van der Waals surface area (Å²) in [7, 11) is 0. The summed E-state index contributed by atoms with van der Waals surface area (Å²) in [5.41, 5.74) is 0.443. The molecule has 0 heterocycles. The second kappa shape index (κ2) is 4.06. The van der Waals surface area contributed by atoms with E-state index in [1.807, 2.05) is 0 Å². The summed E-state index contributed by atoms with van der Waals surface area (Å²) in [6.45, 7) is 14.8. The maximum absolute atomic E-state index is 4.14. The maximum atomic E-state index is 4.14. The lowest BCUT2D eigenvalue weighted by Crippen LogP contribution is -2.26. The molecule has 72 valence electrons. The minimum atomic E-state index is 0.0403. The van der Waals surface area contributed by atoms with Crippen LogP contribution >= 0.6 is 0 Å². The number of nitrogens with zero attached hydrogens (tertiary/aromatic N) is 1. The minimum Gasteiger partial charge on any atom is -0.295 e. The van der Waals surface area contributed by atoms with E-state index in [9.17, 15) is 0 Å². The number of hydrogen-bond donors (Lipinski definition) is 0. The summed E-state index contributed by atoms with van der Waals surface area (Å²) < 4.78 is 0. The van der Waals surface area contributed by atoms with Crippen LogP contribution in [0, 0.1) is 5.41 Å². The summed E-state index contributed by atoms with van der Waals surface area (Å²) in [6, 6.07) is 0. The van der Waals surface area contributed by atoms with Crippen LogP contribution in [0.2, 0.25) is 0 Å². The molecular formula is C11H23N. The van der Waals surface area contributed by atoms with E-state index in [0.717, 1.165) is 6.42 Å². The molecule has 0 unspecified atom stereocenters. The first-order valence-corrected chi connectivity index (χ1v) is 4.81. The Balaban J connectivity index is 4.12. The third kappa shape index (κ3) is 4.53. The van der Waals surface area contributed by atoms with Gasteiger partial charge in [0.15, 0.2) is 0 Å². The van der Waals surface area contributed by atoms with Crippen LogP contribution in [0.4, 0.5) is 0 Å². The maximum Gasteiger partial charge on any atom is 0.0550 e. The Hall–Kier alpha value is -0.330. The first kappa shape index (κ1) is 11.7. The van der Waals surface area contributed by atoms with Crippen LogP contribution in [0.3, 0.4) is 0 Å². The average Bonchev–Trinajstić information content (AvgIpc) is 1.85. The molecule has 0 N–H and O–H groups in total. The van der Waals surface area contributed by atoms with Gasteiger partial charge in [-0.05, 0) is 38.8 Å². The Labute approximate surface area is 77.3 Å². The van der Waals surface area contributed by atoms with Crippen molar-refractivity contribution in [1.82, 2.24) is 0 Å². The molecule has 0 aliphatic carbocycles. The summed E-state index contributed by atoms with van der Waals surface area (Å²) in [4.78, 5) is 4.14. The van der Waals surface area contributed by atoms with Crippen molar-refractivity contribution in [2.45, 2.75) is 59.4 Å².